The average molecular weight is 403 g/mol. The molecule has 1 aliphatic heterocycles. The van der Waals surface area contributed by atoms with Gasteiger partial charge < -0.3 is 9.47 Å². The number of hydrogen-bond acceptors (Lipinski definition) is 5. The monoisotopic (exact) mass is 403 g/mol. The molecule has 2 aromatic rings. The van der Waals surface area contributed by atoms with Crippen molar-refractivity contribution in [2.45, 2.75) is 19.6 Å². The van der Waals surface area contributed by atoms with Crippen LogP contribution in [0.1, 0.15) is 11.1 Å². The zero-order chi connectivity index (χ0) is 20.6. The highest BCUT2D eigenvalue weighted by Gasteiger charge is 2.44. The van der Waals surface area contributed by atoms with Crippen LogP contribution in [0, 0.1) is 11.8 Å². The van der Waals surface area contributed by atoms with Gasteiger partial charge in [0, 0.05) is 13.1 Å². The minimum atomic E-state index is -2.55. The smallest absolute Gasteiger partial charge is 0.311 e. The van der Waals surface area contributed by atoms with E-state index >= 15 is 0 Å². The number of likely N-dealkylation sites (tertiary alicyclic amines) is 1. The van der Waals surface area contributed by atoms with Crippen molar-refractivity contribution in [2.75, 3.05) is 19.6 Å². The number of halogens is 2. The summed E-state index contributed by atoms with van der Waals surface area (Å²) in [5.41, 5.74) is 1.62. The lowest BCUT2D eigenvalue weighted by molar-refractivity contribution is -0.160. The second-order valence-electron chi connectivity index (χ2n) is 7.01. The molecule has 0 amide bonds. The van der Waals surface area contributed by atoms with Crippen LogP contribution in [0.25, 0.3) is 0 Å². The minimum Gasteiger partial charge on any atom is -0.461 e. The van der Waals surface area contributed by atoms with Gasteiger partial charge in [-0.2, -0.15) is 0 Å². The van der Waals surface area contributed by atoms with Gasteiger partial charge in [-0.3, -0.25) is 14.5 Å². The van der Waals surface area contributed by atoms with E-state index < -0.39 is 36.7 Å². The van der Waals surface area contributed by atoms with Gasteiger partial charge in [-0.15, -0.1) is 0 Å². The first kappa shape index (κ1) is 20.9. The molecular formula is C22H23F2NO4. The van der Waals surface area contributed by atoms with Gasteiger partial charge in [0.2, 0.25) is 0 Å². The van der Waals surface area contributed by atoms with Gasteiger partial charge in [-0.25, -0.2) is 8.78 Å². The SMILES string of the molecule is O=C(OCc1ccccc1)C1CN(CC(F)F)CC1C(=O)OCc1ccccc1. The van der Waals surface area contributed by atoms with E-state index in [0.717, 1.165) is 11.1 Å². The molecule has 7 heteroatoms. The Morgan fingerprint density at radius 1 is 0.828 bits per heavy atom. The number of benzene rings is 2. The molecule has 1 heterocycles. The van der Waals surface area contributed by atoms with E-state index in [1.165, 1.54) is 4.90 Å². The normalized spacial score (nSPS) is 19.3. The Labute approximate surface area is 168 Å². The number of alkyl halides is 2. The van der Waals surface area contributed by atoms with Crippen LogP contribution in [-0.4, -0.2) is 42.9 Å². The average Bonchev–Trinajstić information content (AvgIpc) is 3.15. The van der Waals surface area contributed by atoms with Gasteiger partial charge in [0.05, 0.1) is 18.4 Å². The van der Waals surface area contributed by atoms with E-state index in [0.29, 0.717) is 0 Å². The molecule has 0 aromatic heterocycles. The number of esters is 2. The second kappa shape index (κ2) is 10.1. The highest BCUT2D eigenvalue weighted by molar-refractivity contribution is 5.83. The van der Waals surface area contributed by atoms with Gasteiger partial charge in [0.25, 0.3) is 6.43 Å². The fourth-order valence-electron chi connectivity index (χ4n) is 3.38. The summed E-state index contributed by atoms with van der Waals surface area (Å²) in [7, 11) is 0. The quantitative estimate of drug-likeness (QED) is 0.633. The molecule has 0 spiro atoms. The summed E-state index contributed by atoms with van der Waals surface area (Å²) in [5.74, 6) is -2.82. The van der Waals surface area contributed by atoms with Crippen molar-refractivity contribution in [3.63, 3.8) is 0 Å². The first-order chi connectivity index (χ1) is 14.0. The number of carbonyl (C=O) groups is 2. The lowest BCUT2D eigenvalue weighted by Crippen LogP contribution is -2.31. The van der Waals surface area contributed by atoms with Crippen molar-refractivity contribution in [1.29, 1.82) is 0 Å². The maximum atomic E-state index is 12.8. The first-order valence-corrected chi connectivity index (χ1v) is 9.44. The molecule has 1 fully saturated rings. The molecule has 2 atom stereocenters. The third kappa shape index (κ3) is 6.09. The van der Waals surface area contributed by atoms with Gasteiger partial charge in [-0.1, -0.05) is 60.7 Å². The Bertz CT molecular complexity index is 737. The molecule has 0 saturated carbocycles. The van der Waals surface area contributed by atoms with Crippen LogP contribution in [-0.2, 0) is 32.3 Å². The number of rotatable bonds is 8. The summed E-state index contributed by atoms with van der Waals surface area (Å²) in [6.07, 6.45) is -2.55. The lowest BCUT2D eigenvalue weighted by atomic mass is 9.96. The van der Waals surface area contributed by atoms with Gasteiger partial charge in [-0.05, 0) is 11.1 Å². The van der Waals surface area contributed by atoms with Crippen molar-refractivity contribution in [3.8, 4) is 0 Å². The third-order valence-electron chi connectivity index (χ3n) is 4.85. The maximum Gasteiger partial charge on any atom is 0.311 e. The second-order valence-corrected chi connectivity index (χ2v) is 7.01. The summed E-state index contributed by atoms with van der Waals surface area (Å²) in [6, 6.07) is 18.3. The molecule has 1 aliphatic rings. The number of ether oxygens (including phenoxy) is 2. The molecule has 3 rings (SSSR count). The van der Waals surface area contributed by atoms with Crippen LogP contribution < -0.4 is 0 Å². The van der Waals surface area contributed by atoms with Crippen molar-refractivity contribution in [3.05, 3.63) is 71.8 Å². The highest BCUT2D eigenvalue weighted by atomic mass is 19.3. The summed E-state index contributed by atoms with van der Waals surface area (Å²) >= 11 is 0. The molecule has 29 heavy (non-hydrogen) atoms. The van der Waals surface area contributed by atoms with E-state index in [1.807, 2.05) is 60.7 Å². The van der Waals surface area contributed by atoms with E-state index in [-0.39, 0.29) is 26.3 Å². The van der Waals surface area contributed by atoms with E-state index in [1.54, 1.807) is 0 Å². The molecular weight excluding hydrogens is 380 g/mol. The third-order valence-corrected chi connectivity index (χ3v) is 4.85. The largest absolute Gasteiger partial charge is 0.461 e. The molecule has 2 unspecified atom stereocenters. The molecule has 5 nitrogen and oxygen atoms in total. The van der Waals surface area contributed by atoms with Crippen LogP contribution in [0.2, 0.25) is 0 Å². The highest BCUT2D eigenvalue weighted by Crippen LogP contribution is 2.27. The Hall–Kier alpha value is -2.80. The first-order valence-electron chi connectivity index (χ1n) is 9.44. The predicted molar refractivity (Wildman–Crippen MR) is 102 cm³/mol. The van der Waals surface area contributed by atoms with E-state index in [2.05, 4.69) is 0 Å². The van der Waals surface area contributed by atoms with Crippen molar-refractivity contribution in [1.82, 2.24) is 4.90 Å². The fraction of sp³-hybridized carbons (Fsp3) is 0.364. The summed E-state index contributed by atoms with van der Waals surface area (Å²) in [4.78, 5) is 26.6. The molecule has 0 radical (unpaired) electrons. The van der Waals surface area contributed by atoms with Crippen LogP contribution in [0.3, 0.4) is 0 Å². The molecule has 0 bridgehead atoms. The Balaban J connectivity index is 1.62. The maximum absolute atomic E-state index is 12.8. The molecule has 2 aromatic carbocycles. The minimum absolute atomic E-state index is 0.0447. The molecule has 154 valence electrons. The van der Waals surface area contributed by atoms with Crippen LogP contribution in [0.4, 0.5) is 8.78 Å². The molecule has 0 N–H and O–H groups in total. The standard InChI is InChI=1S/C22H23F2NO4/c23-20(24)13-25-11-18(21(26)28-14-16-7-3-1-4-8-16)19(12-25)22(27)29-15-17-9-5-2-6-10-17/h1-10,18-20H,11-15H2. The topological polar surface area (TPSA) is 55.8 Å². The lowest BCUT2D eigenvalue weighted by Gasteiger charge is -2.16. The number of carbonyl (C=O) groups excluding carboxylic acids is 2. The van der Waals surface area contributed by atoms with E-state index in [4.69, 9.17) is 9.47 Å². The summed E-state index contributed by atoms with van der Waals surface area (Å²) in [6.45, 7) is -0.273. The van der Waals surface area contributed by atoms with Gasteiger partial charge in [0.15, 0.2) is 0 Å². The van der Waals surface area contributed by atoms with Crippen LogP contribution in [0.5, 0.6) is 0 Å². The van der Waals surface area contributed by atoms with Crippen LogP contribution >= 0.6 is 0 Å². The summed E-state index contributed by atoms with van der Waals surface area (Å²) < 4.78 is 36.3. The van der Waals surface area contributed by atoms with Crippen LogP contribution in [0.15, 0.2) is 60.7 Å². The zero-order valence-electron chi connectivity index (χ0n) is 15.9. The van der Waals surface area contributed by atoms with E-state index in [9.17, 15) is 18.4 Å². The Morgan fingerprint density at radius 2 is 1.24 bits per heavy atom. The van der Waals surface area contributed by atoms with Gasteiger partial charge in [0.1, 0.15) is 13.2 Å². The predicted octanol–water partition coefficient (Wildman–Crippen LogP) is 3.29. The zero-order valence-corrected chi connectivity index (χ0v) is 15.9. The number of nitrogens with zero attached hydrogens (tertiary/aromatic N) is 1. The number of hydrogen-bond donors (Lipinski definition) is 0. The summed E-state index contributed by atoms with van der Waals surface area (Å²) in [5, 5.41) is 0. The Morgan fingerprint density at radius 3 is 1.62 bits per heavy atom. The fourth-order valence-corrected chi connectivity index (χ4v) is 3.38. The molecule has 1 saturated heterocycles. The van der Waals surface area contributed by atoms with Crippen molar-refractivity contribution in [2.24, 2.45) is 11.8 Å². The molecule has 0 aliphatic carbocycles. The van der Waals surface area contributed by atoms with Crippen molar-refractivity contribution >= 4 is 11.9 Å². The Kier molecular flexibility index (Phi) is 7.30. The van der Waals surface area contributed by atoms with Crippen molar-refractivity contribution < 1.29 is 27.8 Å². The van der Waals surface area contributed by atoms with Gasteiger partial charge >= 0.3 is 11.9 Å².